The maximum atomic E-state index is 12.4. The summed E-state index contributed by atoms with van der Waals surface area (Å²) in [5.74, 6) is -2.63. The maximum Gasteiger partial charge on any atom is 0.408 e. The van der Waals surface area contributed by atoms with E-state index >= 15 is 0 Å². The van der Waals surface area contributed by atoms with Crippen LogP contribution in [0.2, 0.25) is 0 Å². The van der Waals surface area contributed by atoms with Gasteiger partial charge in [0, 0.05) is 0 Å². The molecule has 0 bridgehead atoms. The Morgan fingerprint density at radius 3 is 2.24 bits per heavy atom. The van der Waals surface area contributed by atoms with Crippen LogP contribution in [0.25, 0.3) is 0 Å². The van der Waals surface area contributed by atoms with Crippen molar-refractivity contribution in [3.63, 3.8) is 0 Å². The van der Waals surface area contributed by atoms with E-state index in [1.54, 1.807) is 20.8 Å². The van der Waals surface area contributed by atoms with Crippen LogP contribution in [0.4, 0.5) is 13.6 Å². The van der Waals surface area contributed by atoms with Gasteiger partial charge in [-0.05, 0) is 39.3 Å². The van der Waals surface area contributed by atoms with Crippen LogP contribution in [-0.2, 0) is 9.53 Å². The Balaban J connectivity index is 0.000000394. The first-order valence-electron chi connectivity index (χ1n) is 6.12. The molecule has 0 aliphatic heterocycles. The monoisotopic (exact) mass is 303 g/mol. The summed E-state index contributed by atoms with van der Waals surface area (Å²) in [6.07, 6.45) is -0.718. The smallest absolute Gasteiger partial charge is 0.408 e. The summed E-state index contributed by atoms with van der Waals surface area (Å²) in [6, 6.07) is 4.11. The molecule has 0 aliphatic carbocycles. The standard InChI is InChI=1S/C7H6F2.C7H13NO4/c1-5-3-2-4-6(8)7(5)9;1-7(2,3)12-6(11)8-4-5(9)10/h2-4H,1H3;4H2,1-3H3,(H,8,11)(H,9,10). The highest BCUT2D eigenvalue weighted by Gasteiger charge is 2.16. The van der Waals surface area contributed by atoms with E-state index in [4.69, 9.17) is 9.84 Å². The summed E-state index contributed by atoms with van der Waals surface area (Å²) in [5, 5.41) is 10.3. The molecule has 0 fully saturated rings. The van der Waals surface area contributed by atoms with Gasteiger partial charge >= 0.3 is 12.1 Å². The van der Waals surface area contributed by atoms with Crippen molar-refractivity contribution in [2.45, 2.75) is 33.3 Å². The second-order valence-corrected chi connectivity index (χ2v) is 5.12. The zero-order valence-electron chi connectivity index (χ0n) is 12.4. The molecule has 1 aromatic rings. The van der Waals surface area contributed by atoms with E-state index in [1.807, 2.05) is 0 Å². The molecule has 0 atom stereocenters. The summed E-state index contributed by atoms with van der Waals surface area (Å²) in [4.78, 5) is 20.8. The number of ether oxygens (including phenoxy) is 1. The lowest BCUT2D eigenvalue weighted by Crippen LogP contribution is -2.35. The molecule has 1 aromatic carbocycles. The molecular formula is C14H19F2NO4. The minimum absolute atomic E-state index is 0.343. The third kappa shape index (κ3) is 9.37. The third-order valence-corrected chi connectivity index (χ3v) is 1.93. The number of halogens is 2. The highest BCUT2D eigenvalue weighted by atomic mass is 19.2. The van der Waals surface area contributed by atoms with Gasteiger partial charge in [-0.15, -0.1) is 0 Å². The third-order valence-electron chi connectivity index (χ3n) is 1.93. The number of aryl methyl sites for hydroxylation is 1. The number of benzene rings is 1. The van der Waals surface area contributed by atoms with E-state index in [1.165, 1.54) is 19.1 Å². The summed E-state index contributed by atoms with van der Waals surface area (Å²) in [7, 11) is 0. The van der Waals surface area contributed by atoms with Crippen LogP contribution >= 0.6 is 0 Å². The summed E-state index contributed by atoms with van der Waals surface area (Å²) >= 11 is 0. The minimum atomic E-state index is -1.10. The number of alkyl carbamates (subject to hydrolysis) is 1. The van der Waals surface area contributed by atoms with E-state index < -0.39 is 35.8 Å². The molecule has 0 unspecified atom stereocenters. The molecule has 0 spiro atoms. The van der Waals surface area contributed by atoms with Gasteiger partial charge in [0.05, 0.1) is 0 Å². The lowest BCUT2D eigenvalue weighted by molar-refractivity contribution is -0.136. The zero-order valence-corrected chi connectivity index (χ0v) is 12.4. The lowest BCUT2D eigenvalue weighted by atomic mass is 10.2. The summed E-state index contributed by atoms with van der Waals surface area (Å²) in [6.45, 7) is 6.21. The van der Waals surface area contributed by atoms with Crippen LogP contribution in [-0.4, -0.2) is 29.3 Å². The number of aliphatic carboxylic acids is 1. The number of carbonyl (C=O) groups excluding carboxylic acids is 1. The van der Waals surface area contributed by atoms with E-state index in [2.05, 4.69) is 5.32 Å². The number of carbonyl (C=O) groups is 2. The maximum absolute atomic E-state index is 12.4. The fourth-order valence-electron chi connectivity index (χ4n) is 1.07. The highest BCUT2D eigenvalue weighted by Crippen LogP contribution is 2.08. The molecule has 5 nitrogen and oxygen atoms in total. The van der Waals surface area contributed by atoms with Crippen LogP contribution < -0.4 is 5.32 Å². The predicted molar refractivity (Wildman–Crippen MR) is 73.0 cm³/mol. The Morgan fingerprint density at radius 1 is 1.29 bits per heavy atom. The first-order chi connectivity index (χ1) is 9.53. The van der Waals surface area contributed by atoms with Gasteiger partial charge in [-0.2, -0.15) is 0 Å². The van der Waals surface area contributed by atoms with E-state index in [0.29, 0.717) is 5.56 Å². The number of carboxylic acid groups (broad SMARTS) is 1. The predicted octanol–water partition coefficient (Wildman–Crippen LogP) is 2.87. The van der Waals surface area contributed by atoms with Crippen LogP contribution in [0, 0.1) is 18.6 Å². The fraction of sp³-hybridized carbons (Fsp3) is 0.429. The van der Waals surface area contributed by atoms with Crippen LogP contribution in [0.3, 0.4) is 0 Å². The van der Waals surface area contributed by atoms with E-state index in [9.17, 15) is 18.4 Å². The van der Waals surface area contributed by atoms with Crippen molar-refractivity contribution < 1.29 is 28.2 Å². The normalized spacial score (nSPS) is 10.2. The first kappa shape index (κ1) is 18.8. The molecule has 0 saturated carbocycles. The van der Waals surface area contributed by atoms with Gasteiger partial charge in [0.2, 0.25) is 0 Å². The van der Waals surface area contributed by atoms with Gasteiger partial charge < -0.3 is 15.2 Å². The highest BCUT2D eigenvalue weighted by molar-refractivity contribution is 5.76. The average molecular weight is 303 g/mol. The molecule has 0 heterocycles. The van der Waals surface area contributed by atoms with Crippen molar-refractivity contribution >= 4 is 12.1 Å². The topological polar surface area (TPSA) is 75.6 Å². The second-order valence-electron chi connectivity index (χ2n) is 5.12. The van der Waals surface area contributed by atoms with Gasteiger partial charge in [0.15, 0.2) is 11.6 Å². The van der Waals surface area contributed by atoms with Gasteiger partial charge in [0.25, 0.3) is 0 Å². The fourth-order valence-corrected chi connectivity index (χ4v) is 1.07. The molecule has 118 valence electrons. The van der Waals surface area contributed by atoms with E-state index in [0.717, 1.165) is 6.07 Å². The van der Waals surface area contributed by atoms with Crippen molar-refractivity contribution in [1.82, 2.24) is 5.32 Å². The Hall–Kier alpha value is -2.18. The molecule has 1 amide bonds. The van der Waals surface area contributed by atoms with Gasteiger partial charge in [0.1, 0.15) is 12.1 Å². The first-order valence-corrected chi connectivity index (χ1v) is 6.12. The molecule has 0 saturated heterocycles. The van der Waals surface area contributed by atoms with E-state index in [-0.39, 0.29) is 0 Å². The number of carboxylic acids is 1. The van der Waals surface area contributed by atoms with Crippen LogP contribution in [0.1, 0.15) is 26.3 Å². The Kier molecular flexibility index (Phi) is 7.33. The van der Waals surface area contributed by atoms with Crippen molar-refractivity contribution in [1.29, 1.82) is 0 Å². The quantitative estimate of drug-likeness (QED) is 0.881. The molecule has 0 aromatic heterocycles. The molecule has 1 rings (SSSR count). The second kappa shape index (κ2) is 8.18. The SMILES string of the molecule is CC(C)(C)OC(=O)NCC(=O)O.Cc1cccc(F)c1F. The van der Waals surface area contributed by atoms with Crippen molar-refractivity contribution in [2.24, 2.45) is 0 Å². The Bertz CT molecular complexity index is 478. The van der Waals surface area contributed by atoms with Gasteiger partial charge in [-0.3, -0.25) is 4.79 Å². The van der Waals surface area contributed by atoms with Crippen LogP contribution in [0.5, 0.6) is 0 Å². The van der Waals surface area contributed by atoms with Crippen molar-refractivity contribution in [3.8, 4) is 0 Å². The summed E-state index contributed by atoms with van der Waals surface area (Å²) < 4.78 is 29.3. The molecule has 0 radical (unpaired) electrons. The Labute approximate surface area is 121 Å². The minimum Gasteiger partial charge on any atom is -0.480 e. The van der Waals surface area contributed by atoms with Gasteiger partial charge in [-0.25, -0.2) is 13.6 Å². The molecule has 2 N–H and O–H groups in total. The molecular weight excluding hydrogens is 284 g/mol. The number of amides is 1. The number of rotatable bonds is 2. The molecule has 0 aliphatic rings. The van der Waals surface area contributed by atoms with Crippen molar-refractivity contribution in [2.75, 3.05) is 6.54 Å². The number of hydrogen-bond acceptors (Lipinski definition) is 3. The average Bonchev–Trinajstić information content (AvgIpc) is 2.32. The lowest BCUT2D eigenvalue weighted by Gasteiger charge is -2.19. The number of hydrogen-bond donors (Lipinski definition) is 2. The van der Waals surface area contributed by atoms with Gasteiger partial charge in [-0.1, -0.05) is 12.1 Å². The van der Waals surface area contributed by atoms with Crippen molar-refractivity contribution in [3.05, 3.63) is 35.4 Å². The number of nitrogens with one attached hydrogen (secondary N) is 1. The Morgan fingerprint density at radius 2 is 1.86 bits per heavy atom. The summed E-state index contributed by atoms with van der Waals surface area (Å²) in [5.41, 5.74) is -0.252. The molecule has 21 heavy (non-hydrogen) atoms. The van der Waals surface area contributed by atoms with Crippen LogP contribution in [0.15, 0.2) is 18.2 Å². The zero-order chi connectivity index (χ0) is 16.6. The molecule has 7 heteroatoms. The largest absolute Gasteiger partial charge is 0.480 e.